The number of nitriles is 1. The normalized spacial score (nSPS) is 20.2. The number of nitrogens with zero attached hydrogens (tertiary/aromatic N) is 4. The number of carboxylic acid groups (broad SMARTS) is 1. The van der Waals surface area contributed by atoms with Gasteiger partial charge < -0.3 is 15.7 Å². The van der Waals surface area contributed by atoms with Gasteiger partial charge in [-0.15, -0.1) is 0 Å². The maximum Gasteiger partial charge on any atom is 0.326 e. The molecule has 2 aliphatic rings. The average molecular weight is 728 g/mol. The molecule has 1 aromatic heterocycles. The van der Waals surface area contributed by atoms with E-state index in [9.17, 15) is 33.2 Å². The topological polar surface area (TPSA) is 173 Å². The Morgan fingerprint density at radius 3 is 2.45 bits per heavy atom. The van der Waals surface area contributed by atoms with E-state index in [-0.39, 0.29) is 56.9 Å². The van der Waals surface area contributed by atoms with E-state index in [4.69, 9.17) is 23.2 Å². The van der Waals surface area contributed by atoms with Crippen molar-refractivity contribution in [1.82, 2.24) is 19.5 Å². The molecule has 0 saturated carbocycles. The number of amides is 2. The monoisotopic (exact) mass is 726 g/mol. The van der Waals surface area contributed by atoms with Crippen LogP contribution in [-0.2, 0) is 26.0 Å². The average Bonchev–Trinajstić information content (AvgIpc) is 3.52. The molecule has 5 rings (SSSR count). The number of carbonyl (C=O) groups excluding carboxylic acids is 2. The summed E-state index contributed by atoms with van der Waals surface area (Å²) >= 11 is 12.2. The fraction of sp³-hybridized carbons (Fsp3) is 0.382. The smallest absolute Gasteiger partial charge is 0.326 e. The van der Waals surface area contributed by atoms with Crippen LogP contribution in [0.25, 0.3) is 0 Å². The first kappa shape index (κ1) is 36.2. The van der Waals surface area contributed by atoms with Gasteiger partial charge in [0.2, 0.25) is 15.9 Å². The first-order valence-corrected chi connectivity index (χ1v) is 17.9. The molecule has 0 radical (unpaired) electrons. The Hall–Kier alpha value is -4.06. The van der Waals surface area contributed by atoms with Crippen LogP contribution in [0.5, 0.6) is 0 Å². The van der Waals surface area contributed by atoms with Crippen LogP contribution in [0, 0.1) is 16.7 Å². The van der Waals surface area contributed by atoms with Crippen molar-refractivity contribution in [3.8, 4) is 6.07 Å². The number of rotatable bonds is 10. The van der Waals surface area contributed by atoms with Gasteiger partial charge in [0.15, 0.2) is 0 Å². The third-order valence-corrected chi connectivity index (χ3v) is 11.3. The van der Waals surface area contributed by atoms with Gasteiger partial charge in [-0.2, -0.15) is 9.57 Å². The van der Waals surface area contributed by atoms with E-state index in [0.717, 1.165) is 30.2 Å². The summed E-state index contributed by atoms with van der Waals surface area (Å²) in [6.45, 7) is 5.86. The molecule has 0 aliphatic carbocycles. The number of piperidine rings is 1. The maximum absolute atomic E-state index is 14.0. The Morgan fingerprint density at radius 2 is 1.82 bits per heavy atom. The van der Waals surface area contributed by atoms with Gasteiger partial charge >= 0.3 is 5.97 Å². The molecule has 3 atom stereocenters. The van der Waals surface area contributed by atoms with Crippen LogP contribution in [0.3, 0.4) is 0 Å². The Morgan fingerprint density at radius 1 is 1.12 bits per heavy atom. The molecule has 2 fully saturated rings. The second-order valence-electron chi connectivity index (χ2n) is 13.1. The number of aromatic nitrogens is 1. The highest BCUT2D eigenvalue weighted by atomic mass is 35.5. The largest absolute Gasteiger partial charge is 0.480 e. The van der Waals surface area contributed by atoms with Crippen LogP contribution in [0.1, 0.15) is 54.6 Å². The molecule has 2 amide bonds. The molecule has 12 nitrogen and oxygen atoms in total. The fourth-order valence-corrected chi connectivity index (χ4v) is 8.66. The van der Waals surface area contributed by atoms with E-state index in [0.29, 0.717) is 11.3 Å². The Balaban J connectivity index is 1.33. The van der Waals surface area contributed by atoms with Crippen molar-refractivity contribution in [1.29, 1.82) is 5.26 Å². The summed E-state index contributed by atoms with van der Waals surface area (Å²) in [6.07, 6.45) is 4.64. The Kier molecular flexibility index (Phi) is 11.0. The van der Waals surface area contributed by atoms with Gasteiger partial charge in [-0.05, 0) is 67.1 Å². The molecular formula is C34H36Cl2N6O6S. The fourth-order valence-electron chi connectivity index (χ4n) is 6.44. The first-order valence-electron chi connectivity index (χ1n) is 15.7. The summed E-state index contributed by atoms with van der Waals surface area (Å²) in [5.41, 5.74) is 1.19. The quantitative estimate of drug-likeness (QED) is 0.270. The molecular weight excluding hydrogens is 691 g/mol. The molecule has 3 aromatic rings. The predicted octanol–water partition coefficient (Wildman–Crippen LogP) is 4.58. The minimum Gasteiger partial charge on any atom is -0.480 e. The molecule has 49 heavy (non-hydrogen) atoms. The molecule has 2 aliphatic heterocycles. The third kappa shape index (κ3) is 8.40. The number of hydrogen-bond donors (Lipinski definition) is 3. The second-order valence-corrected chi connectivity index (χ2v) is 15.8. The molecule has 15 heteroatoms. The molecule has 2 aromatic carbocycles. The number of likely N-dealkylation sites (tertiary alicyclic amines) is 1. The van der Waals surface area contributed by atoms with Crippen molar-refractivity contribution < 1.29 is 27.9 Å². The summed E-state index contributed by atoms with van der Waals surface area (Å²) in [5.74, 6) is -2.57. The van der Waals surface area contributed by atoms with Gasteiger partial charge in [-0.1, -0.05) is 55.2 Å². The van der Waals surface area contributed by atoms with Crippen molar-refractivity contribution in [3.63, 3.8) is 0 Å². The number of benzene rings is 2. The number of carboxylic acids is 1. The number of nitrogens with one attached hydrogen (secondary N) is 2. The van der Waals surface area contributed by atoms with Crippen molar-refractivity contribution in [2.24, 2.45) is 5.41 Å². The zero-order valence-electron chi connectivity index (χ0n) is 26.9. The van der Waals surface area contributed by atoms with Crippen molar-refractivity contribution in [2.45, 2.75) is 62.6 Å². The van der Waals surface area contributed by atoms with Crippen LogP contribution in [0.15, 0.2) is 65.8 Å². The molecule has 0 unspecified atom stereocenters. The van der Waals surface area contributed by atoms with Gasteiger partial charge in [0.05, 0.1) is 32.1 Å². The number of halogens is 2. The van der Waals surface area contributed by atoms with Crippen LogP contribution in [0.2, 0.25) is 10.0 Å². The highest BCUT2D eigenvalue weighted by Crippen LogP contribution is 2.35. The molecule has 3 heterocycles. The molecule has 2 saturated heterocycles. The van der Waals surface area contributed by atoms with Crippen LogP contribution in [-0.4, -0.2) is 83.3 Å². The minimum absolute atomic E-state index is 0.0231. The Labute approximate surface area is 295 Å². The number of carbonyl (C=O) groups is 3. The number of aliphatic carboxylic acids is 1. The maximum atomic E-state index is 14.0. The summed E-state index contributed by atoms with van der Waals surface area (Å²) in [6, 6.07) is 11.1. The number of sulfonamides is 1. The zero-order chi connectivity index (χ0) is 35.5. The van der Waals surface area contributed by atoms with E-state index in [1.54, 1.807) is 24.3 Å². The van der Waals surface area contributed by atoms with E-state index in [1.807, 2.05) is 6.07 Å². The van der Waals surface area contributed by atoms with Gasteiger partial charge in [0, 0.05) is 43.6 Å². The van der Waals surface area contributed by atoms with Crippen LogP contribution < -0.4 is 10.6 Å². The molecule has 3 N–H and O–H groups in total. The zero-order valence-corrected chi connectivity index (χ0v) is 29.2. The van der Waals surface area contributed by atoms with Crippen LogP contribution >= 0.6 is 23.2 Å². The first-order chi connectivity index (χ1) is 23.2. The van der Waals surface area contributed by atoms with E-state index >= 15 is 0 Å². The predicted molar refractivity (Wildman–Crippen MR) is 184 cm³/mol. The number of hydrogen-bond acceptors (Lipinski definition) is 8. The standard InChI is InChI=1S/C34H36Cl2N6O6S/c1-34(2)11-4-12-41(20-34)24-15-29(42(19-24)49(47,48)25-6-3-5-22(13-25)16-37)31(43)40-28(33(45)46)14-21-7-9-23(10-8-21)39-32(44)30-26(35)17-38-18-27(30)36/h3,5-10,13,17-18,24,28-29H,4,11-12,14-15,19-20H2,1-2H3,(H,39,44)(H,40,43)(H,45,46)/t24-,28+,29+/m1/s1. The lowest BCUT2D eigenvalue weighted by atomic mass is 9.83. The summed E-state index contributed by atoms with van der Waals surface area (Å²) in [4.78, 5) is 44.9. The third-order valence-electron chi connectivity index (χ3n) is 8.90. The van der Waals surface area contributed by atoms with Crippen molar-refractivity contribution in [3.05, 3.63) is 87.7 Å². The number of anilines is 1. The van der Waals surface area contributed by atoms with Gasteiger partial charge in [0.1, 0.15) is 12.1 Å². The molecule has 0 bridgehead atoms. The molecule has 0 spiro atoms. The SMILES string of the molecule is CC1(C)CCCN([C@@H]2C[C@@H](C(=O)N[C@@H](Cc3ccc(NC(=O)c4c(Cl)cncc4Cl)cc3)C(=O)O)N(S(=O)(=O)c3cccc(C#N)c3)C2)C1. The van der Waals surface area contributed by atoms with Gasteiger partial charge in [-0.25, -0.2) is 13.2 Å². The lowest BCUT2D eigenvalue weighted by Crippen LogP contribution is -2.51. The summed E-state index contributed by atoms with van der Waals surface area (Å²) in [5, 5.41) is 24.9. The number of pyridine rings is 1. The minimum atomic E-state index is -4.23. The lowest BCUT2D eigenvalue weighted by Gasteiger charge is -2.41. The van der Waals surface area contributed by atoms with Crippen LogP contribution in [0.4, 0.5) is 5.69 Å². The Bertz CT molecular complexity index is 1880. The highest BCUT2D eigenvalue weighted by Gasteiger charge is 2.47. The van der Waals surface area contributed by atoms with E-state index in [1.165, 1.54) is 36.7 Å². The summed E-state index contributed by atoms with van der Waals surface area (Å²) in [7, 11) is -4.23. The second kappa shape index (κ2) is 14.8. The summed E-state index contributed by atoms with van der Waals surface area (Å²) < 4.78 is 29.1. The lowest BCUT2D eigenvalue weighted by molar-refractivity contribution is -0.142. The van der Waals surface area contributed by atoms with Crippen molar-refractivity contribution >= 4 is 56.7 Å². The van der Waals surface area contributed by atoms with Crippen molar-refractivity contribution in [2.75, 3.05) is 25.0 Å². The van der Waals surface area contributed by atoms with Gasteiger partial charge in [0.25, 0.3) is 5.91 Å². The molecule has 258 valence electrons. The van der Waals surface area contributed by atoms with E-state index in [2.05, 4.69) is 34.4 Å². The van der Waals surface area contributed by atoms with E-state index < -0.39 is 39.9 Å². The highest BCUT2D eigenvalue weighted by molar-refractivity contribution is 7.89. The van der Waals surface area contributed by atoms with Gasteiger partial charge in [-0.3, -0.25) is 19.5 Å².